The summed E-state index contributed by atoms with van der Waals surface area (Å²) in [5.74, 6) is 1.30. The molecule has 0 aromatic carbocycles. The highest BCUT2D eigenvalue weighted by molar-refractivity contribution is 7.89. The molecule has 0 saturated carbocycles. The second-order valence-electron chi connectivity index (χ2n) is 7.49. The van der Waals surface area contributed by atoms with E-state index in [1.807, 2.05) is 6.92 Å². The van der Waals surface area contributed by atoms with E-state index in [0.717, 1.165) is 0 Å². The predicted octanol–water partition coefficient (Wildman–Crippen LogP) is -0.343. The maximum atomic E-state index is 13.0. The van der Waals surface area contributed by atoms with Crippen LogP contribution in [0.4, 0.5) is 0 Å². The van der Waals surface area contributed by atoms with E-state index in [1.54, 1.807) is 16.5 Å². The summed E-state index contributed by atoms with van der Waals surface area (Å²) in [4.78, 5) is 22.3. The lowest BCUT2D eigenvalue weighted by molar-refractivity contribution is -0.128. The van der Waals surface area contributed by atoms with Crippen LogP contribution in [-0.4, -0.2) is 74.4 Å². The fourth-order valence-corrected chi connectivity index (χ4v) is 5.65. The third-order valence-electron chi connectivity index (χ3n) is 5.70. The highest BCUT2D eigenvalue weighted by Gasteiger charge is 2.55. The molecule has 146 valence electrons. The number of aryl methyl sites for hydroxylation is 2. The van der Waals surface area contributed by atoms with Gasteiger partial charge in [-0.2, -0.15) is 9.40 Å². The highest BCUT2D eigenvalue weighted by Crippen LogP contribution is 2.44. The van der Waals surface area contributed by atoms with Crippen molar-refractivity contribution in [2.75, 3.05) is 26.2 Å². The van der Waals surface area contributed by atoms with Crippen LogP contribution in [0.15, 0.2) is 17.6 Å². The third kappa shape index (κ3) is 2.85. The van der Waals surface area contributed by atoms with Crippen molar-refractivity contribution in [1.29, 1.82) is 0 Å². The summed E-state index contributed by atoms with van der Waals surface area (Å²) in [7, 11) is -1.94. The van der Waals surface area contributed by atoms with Gasteiger partial charge in [0.05, 0.1) is 11.7 Å². The number of rotatable bonds is 3. The van der Waals surface area contributed by atoms with Crippen molar-refractivity contribution in [1.82, 2.24) is 33.9 Å². The molecule has 0 aliphatic carbocycles. The molecular formula is C16H23N7O3S. The zero-order chi connectivity index (χ0) is 19.4. The summed E-state index contributed by atoms with van der Waals surface area (Å²) in [5.41, 5.74) is -0.424. The van der Waals surface area contributed by atoms with Gasteiger partial charge < -0.3 is 9.47 Å². The second kappa shape index (κ2) is 6.13. The lowest BCUT2D eigenvalue weighted by Gasteiger charge is -2.40. The first-order valence-corrected chi connectivity index (χ1v) is 10.3. The van der Waals surface area contributed by atoms with Crippen molar-refractivity contribution in [3.05, 3.63) is 24.2 Å². The number of sulfonamides is 1. The van der Waals surface area contributed by atoms with E-state index in [1.165, 1.54) is 23.8 Å². The number of amides is 1. The Labute approximate surface area is 157 Å². The Morgan fingerprint density at radius 3 is 2.74 bits per heavy atom. The smallest absolute Gasteiger partial charge is 0.262 e. The summed E-state index contributed by atoms with van der Waals surface area (Å²) in [5, 5.41) is 7.28. The van der Waals surface area contributed by atoms with Crippen molar-refractivity contribution in [2.24, 2.45) is 13.0 Å². The number of aromatic amines is 1. The number of hydrogen-bond acceptors (Lipinski definition) is 6. The van der Waals surface area contributed by atoms with Gasteiger partial charge in [-0.3, -0.25) is 9.89 Å². The molecule has 2 aliphatic heterocycles. The van der Waals surface area contributed by atoms with Crippen LogP contribution in [0, 0.1) is 12.8 Å². The first-order chi connectivity index (χ1) is 12.7. The monoisotopic (exact) mass is 393 g/mol. The quantitative estimate of drug-likeness (QED) is 0.762. The Morgan fingerprint density at radius 2 is 2.15 bits per heavy atom. The number of carbonyl (C=O) groups excluding carboxylic acids is 1. The minimum absolute atomic E-state index is 0.0184. The number of aromatic nitrogens is 5. The molecule has 2 atom stereocenters. The van der Waals surface area contributed by atoms with E-state index in [9.17, 15) is 13.2 Å². The molecule has 4 heterocycles. The Morgan fingerprint density at radius 1 is 1.37 bits per heavy atom. The number of fused-ring (bicyclic) bond motifs is 1. The van der Waals surface area contributed by atoms with Gasteiger partial charge in [-0.05, 0) is 13.3 Å². The summed E-state index contributed by atoms with van der Waals surface area (Å²) in [6, 6.07) is 0. The van der Waals surface area contributed by atoms with Gasteiger partial charge in [0.25, 0.3) is 10.0 Å². The molecule has 10 nitrogen and oxygen atoms in total. The fraction of sp³-hybridized carbons (Fsp3) is 0.625. The van der Waals surface area contributed by atoms with Crippen LogP contribution in [0.2, 0.25) is 0 Å². The van der Waals surface area contributed by atoms with Gasteiger partial charge in [0.1, 0.15) is 5.82 Å². The molecule has 1 amide bonds. The number of nitrogens with one attached hydrogen (secondary N) is 1. The zero-order valence-electron chi connectivity index (χ0n) is 15.6. The van der Waals surface area contributed by atoms with Crippen molar-refractivity contribution >= 4 is 15.9 Å². The lowest BCUT2D eigenvalue weighted by atomic mass is 9.72. The summed E-state index contributed by atoms with van der Waals surface area (Å²) in [6.07, 6.45) is 3.54. The third-order valence-corrected chi connectivity index (χ3v) is 7.45. The van der Waals surface area contributed by atoms with Gasteiger partial charge in [0.15, 0.2) is 10.9 Å². The van der Waals surface area contributed by atoms with E-state index in [2.05, 4.69) is 20.2 Å². The number of carbonyl (C=O) groups is 1. The van der Waals surface area contributed by atoms with E-state index in [0.29, 0.717) is 44.2 Å². The topological polar surface area (TPSA) is 117 Å². The number of nitrogens with zero attached hydrogens (tertiary/aromatic N) is 6. The Balaban J connectivity index is 1.67. The standard InChI is InChI=1S/C16H23N7O3S/c1-11-18-15(20-19-11)16-4-5-23(7-13(16)6-22(9-16)12(2)24)27(25,26)14-8-21(3)10-17-14/h8,10,13H,4-7,9H2,1-3H3,(H,18,19,20)/t13-,16+/m0/s1. The molecule has 2 aliphatic rings. The van der Waals surface area contributed by atoms with E-state index in [4.69, 9.17) is 0 Å². The first-order valence-electron chi connectivity index (χ1n) is 8.85. The molecular weight excluding hydrogens is 370 g/mol. The van der Waals surface area contributed by atoms with Crippen LogP contribution in [0.1, 0.15) is 25.0 Å². The molecule has 2 aromatic heterocycles. The summed E-state index contributed by atoms with van der Waals surface area (Å²) < 4.78 is 29.1. The maximum absolute atomic E-state index is 13.0. The number of hydrogen-bond donors (Lipinski definition) is 1. The SMILES string of the molecule is CC(=O)N1C[C@H]2CN(S(=O)(=O)c3cn(C)cn3)CC[C@@]2(c2n[nH]c(C)n2)C1. The van der Waals surface area contributed by atoms with Gasteiger partial charge in [-0.1, -0.05) is 0 Å². The molecule has 4 rings (SSSR count). The minimum atomic E-state index is -3.67. The molecule has 2 aromatic rings. The summed E-state index contributed by atoms with van der Waals surface area (Å²) in [6.45, 7) is 5.04. The van der Waals surface area contributed by atoms with E-state index >= 15 is 0 Å². The fourth-order valence-electron chi connectivity index (χ4n) is 4.19. The number of H-pyrrole nitrogens is 1. The zero-order valence-corrected chi connectivity index (χ0v) is 16.4. The average Bonchev–Trinajstić information content (AvgIpc) is 3.32. The van der Waals surface area contributed by atoms with Gasteiger partial charge in [0.2, 0.25) is 5.91 Å². The first kappa shape index (κ1) is 18.1. The molecule has 2 saturated heterocycles. The van der Waals surface area contributed by atoms with Gasteiger partial charge in [-0.25, -0.2) is 18.4 Å². The molecule has 0 unspecified atom stereocenters. The number of likely N-dealkylation sites (tertiary alicyclic amines) is 1. The van der Waals surface area contributed by atoms with Crippen molar-refractivity contribution in [3.63, 3.8) is 0 Å². The largest absolute Gasteiger partial charge is 0.342 e. The average molecular weight is 393 g/mol. The van der Waals surface area contributed by atoms with Crippen LogP contribution in [0.3, 0.4) is 0 Å². The van der Waals surface area contributed by atoms with Crippen LogP contribution in [-0.2, 0) is 27.3 Å². The highest BCUT2D eigenvalue weighted by atomic mass is 32.2. The van der Waals surface area contributed by atoms with Crippen molar-refractivity contribution < 1.29 is 13.2 Å². The van der Waals surface area contributed by atoms with Crippen LogP contribution in [0.25, 0.3) is 0 Å². The van der Waals surface area contributed by atoms with Crippen molar-refractivity contribution in [3.8, 4) is 0 Å². The van der Waals surface area contributed by atoms with Crippen LogP contribution in [0.5, 0.6) is 0 Å². The number of imidazole rings is 1. The maximum Gasteiger partial charge on any atom is 0.262 e. The van der Waals surface area contributed by atoms with Gasteiger partial charge in [-0.15, -0.1) is 0 Å². The van der Waals surface area contributed by atoms with E-state index in [-0.39, 0.29) is 16.9 Å². The lowest BCUT2D eigenvalue weighted by Crippen LogP contribution is -2.51. The van der Waals surface area contributed by atoms with Crippen LogP contribution < -0.4 is 0 Å². The van der Waals surface area contributed by atoms with Gasteiger partial charge in [0, 0.05) is 52.3 Å². The molecule has 0 bridgehead atoms. The molecule has 1 N–H and O–H groups in total. The molecule has 2 fully saturated rings. The Hall–Kier alpha value is -2.27. The summed E-state index contributed by atoms with van der Waals surface area (Å²) >= 11 is 0. The van der Waals surface area contributed by atoms with Crippen LogP contribution >= 0.6 is 0 Å². The normalized spacial score (nSPS) is 26.3. The molecule has 27 heavy (non-hydrogen) atoms. The molecule has 11 heteroatoms. The molecule has 0 spiro atoms. The minimum Gasteiger partial charge on any atom is -0.342 e. The van der Waals surface area contributed by atoms with Gasteiger partial charge >= 0.3 is 0 Å². The van der Waals surface area contributed by atoms with E-state index < -0.39 is 15.4 Å². The second-order valence-corrected chi connectivity index (χ2v) is 9.37. The molecule has 0 radical (unpaired) electrons. The Kier molecular flexibility index (Phi) is 4.11. The predicted molar refractivity (Wildman–Crippen MR) is 95.1 cm³/mol. The van der Waals surface area contributed by atoms with Crippen molar-refractivity contribution in [2.45, 2.75) is 30.7 Å². The Bertz CT molecular complexity index is 982. The number of piperidine rings is 1.